The van der Waals surface area contributed by atoms with E-state index in [4.69, 9.17) is 17.3 Å². The van der Waals surface area contributed by atoms with E-state index >= 15 is 0 Å². The van der Waals surface area contributed by atoms with E-state index in [2.05, 4.69) is 17.1 Å². The third-order valence-electron chi connectivity index (χ3n) is 3.83. The Labute approximate surface area is 121 Å². The lowest BCUT2D eigenvalue weighted by molar-refractivity contribution is 0.163. The van der Waals surface area contributed by atoms with Crippen LogP contribution in [0.15, 0.2) is 18.2 Å². The molecule has 3 N–H and O–H groups in total. The zero-order chi connectivity index (χ0) is 13.7. The van der Waals surface area contributed by atoms with Crippen molar-refractivity contribution in [3.63, 3.8) is 0 Å². The fourth-order valence-corrected chi connectivity index (χ4v) is 2.94. The number of hydrogen-bond donors (Lipinski definition) is 2. The van der Waals surface area contributed by atoms with E-state index < -0.39 is 0 Å². The first-order chi connectivity index (χ1) is 9.22. The third-order valence-corrected chi connectivity index (χ3v) is 4.07. The Morgan fingerprint density at radius 1 is 1.37 bits per heavy atom. The molecule has 106 valence electrons. The fraction of sp³-hybridized carbons (Fsp3) is 0.600. The molecule has 1 aliphatic heterocycles. The van der Waals surface area contributed by atoms with Crippen molar-refractivity contribution in [2.24, 2.45) is 0 Å². The molecule has 0 aliphatic carbocycles. The molecule has 0 unspecified atom stereocenters. The smallest absolute Gasteiger partial charge is 0.0410 e. The van der Waals surface area contributed by atoms with Gasteiger partial charge in [-0.25, -0.2) is 0 Å². The van der Waals surface area contributed by atoms with E-state index in [1.165, 1.54) is 18.4 Å². The number of nitrogen functional groups attached to an aromatic ring is 1. The molecule has 0 saturated carbocycles. The highest BCUT2D eigenvalue weighted by molar-refractivity contribution is 6.30. The minimum Gasteiger partial charge on any atom is -0.398 e. The van der Waals surface area contributed by atoms with Crippen LogP contribution >= 0.6 is 11.6 Å². The number of halogens is 1. The SMILES string of the molecule is CCCC[C@H](c1cc(Cl)ccc1N)N1CCNCC1. The van der Waals surface area contributed by atoms with E-state index in [0.29, 0.717) is 6.04 Å². The molecule has 0 bridgehead atoms. The van der Waals surface area contributed by atoms with Gasteiger partial charge in [0.05, 0.1) is 0 Å². The number of anilines is 1. The summed E-state index contributed by atoms with van der Waals surface area (Å²) < 4.78 is 0. The van der Waals surface area contributed by atoms with Crippen molar-refractivity contribution < 1.29 is 0 Å². The average Bonchev–Trinajstić information content (AvgIpc) is 2.44. The number of nitrogens with one attached hydrogen (secondary N) is 1. The standard InChI is InChI=1S/C15H24ClN3/c1-2-3-4-15(19-9-7-18-8-10-19)13-11-12(16)5-6-14(13)17/h5-6,11,15,18H,2-4,7-10,17H2,1H3/t15-/m1/s1. The summed E-state index contributed by atoms with van der Waals surface area (Å²) in [5.74, 6) is 0. The molecule has 1 fully saturated rings. The predicted octanol–water partition coefficient (Wildman–Crippen LogP) is 3.06. The van der Waals surface area contributed by atoms with Crippen molar-refractivity contribution in [1.82, 2.24) is 10.2 Å². The van der Waals surface area contributed by atoms with Gasteiger partial charge in [0, 0.05) is 42.9 Å². The molecule has 1 saturated heterocycles. The lowest BCUT2D eigenvalue weighted by Crippen LogP contribution is -2.45. The number of nitrogens with zero attached hydrogens (tertiary/aromatic N) is 1. The van der Waals surface area contributed by atoms with Gasteiger partial charge in [0.25, 0.3) is 0 Å². The minimum absolute atomic E-state index is 0.403. The molecule has 1 aromatic carbocycles. The number of nitrogens with two attached hydrogens (primary N) is 1. The highest BCUT2D eigenvalue weighted by Crippen LogP contribution is 2.32. The quantitative estimate of drug-likeness (QED) is 0.815. The molecule has 0 spiro atoms. The van der Waals surface area contributed by atoms with Crippen molar-refractivity contribution >= 4 is 17.3 Å². The summed E-state index contributed by atoms with van der Waals surface area (Å²) >= 11 is 6.15. The number of piperazine rings is 1. The van der Waals surface area contributed by atoms with Crippen LogP contribution in [0.3, 0.4) is 0 Å². The van der Waals surface area contributed by atoms with Gasteiger partial charge in [-0.1, -0.05) is 31.4 Å². The van der Waals surface area contributed by atoms with Gasteiger partial charge < -0.3 is 11.1 Å². The molecule has 0 radical (unpaired) electrons. The fourth-order valence-electron chi connectivity index (χ4n) is 2.76. The van der Waals surface area contributed by atoms with E-state index in [-0.39, 0.29) is 0 Å². The molecule has 19 heavy (non-hydrogen) atoms. The van der Waals surface area contributed by atoms with Crippen LogP contribution in [0.4, 0.5) is 5.69 Å². The first-order valence-corrected chi connectivity index (χ1v) is 7.60. The van der Waals surface area contributed by atoms with Crippen LogP contribution < -0.4 is 11.1 Å². The highest BCUT2D eigenvalue weighted by atomic mass is 35.5. The summed E-state index contributed by atoms with van der Waals surface area (Å²) in [6.07, 6.45) is 3.59. The maximum Gasteiger partial charge on any atom is 0.0410 e. The topological polar surface area (TPSA) is 41.3 Å². The Hall–Kier alpha value is -0.770. The second-order valence-corrected chi connectivity index (χ2v) is 5.65. The van der Waals surface area contributed by atoms with Gasteiger partial charge in [-0.3, -0.25) is 4.90 Å². The van der Waals surface area contributed by atoms with Crippen molar-refractivity contribution in [3.8, 4) is 0 Å². The van der Waals surface area contributed by atoms with Gasteiger partial charge in [-0.2, -0.15) is 0 Å². The summed E-state index contributed by atoms with van der Waals surface area (Å²) in [6, 6.07) is 6.24. The molecule has 1 aliphatic rings. The van der Waals surface area contributed by atoms with E-state index in [0.717, 1.165) is 43.3 Å². The Kier molecular flexibility index (Phi) is 5.49. The van der Waals surface area contributed by atoms with Crippen LogP contribution in [0.5, 0.6) is 0 Å². The third kappa shape index (κ3) is 3.85. The summed E-state index contributed by atoms with van der Waals surface area (Å²) in [5, 5.41) is 4.18. The number of benzene rings is 1. The molecule has 0 aromatic heterocycles. The molecular weight excluding hydrogens is 258 g/mol. The summed E-state index contributed by atoms with van der Waals surface area (Å²) in [5.41, 5.74) is 8.23. The highest BCUT2D eigenvalue weighted by Gasteiger charge is 2.23. The zero-order valence-electron chi connectivity index (χ0n) is 11.7. The molecule has 4 heteroatoms. The Bertz CT molecular complexity index is 402. The van der Waals surface area contributed by atoms with Crippen LogP contribution in [-0.4, -0.2) is 31.1 Å². The summed E-state index contributed by atoms with van der Waals surface area (Å²) in [4.78, 5) is 2.54. The van der Waals surface area contributed by atoms with Crippen LogP contribution in [-0.2, 0) is 0 Å². The molecule has 3 nitrogen and oxygen atoms in total. The van der Waals surface area contributed by atoms with Crippen LogP contribution in [0, 0.1) is 0 Å². The molecule has 1 aromatic rings. The first kappa shape index (κ1) is 14.6. The maximum atomic E-state index is 6.17. The normalized spacial score (nSPS) is 18.4. The Morgan fingerprint density at radius 2 is 2.11 bits per heavy atom. The van der Waals surface area contributed by atoms with Gasteiger partial charge in [-0.05, 0) is 30.2 Å². The molecule has 0 amide bonds. The number of hydrogen-bond acceptors (Lipinski definition) is 3. The average molecular weight is 282 g/mol. The van der Waals surface area contributed by atoms with Gasteiger partial charge in [0.2, 0.25) is 0 Å². The van der Waals surface area contributed by atoms with Gasteiger partial charge in [0.15, 0.2) is 0 Å². The number of rotatable bonds is 5. The van der Waals surface area contributed by atoms with Crippen LogP contribution in [0.1, 0.15) is 37.8 Å². The minimum atomic E-state index is 0.403. The zero-order valence-corrected chi connectivity index (χ0v) is 12.4. The Morgan fingerprint density at radius 3 is 2.79 bits per heavy atom. The van der Waals surface area contributed by atoms with Gasteiger partial charge >= 0.3 is 0 Å². The molecule has 2 rings (SSSR count). The van der Waals surface area contributed by atoms with Gasteiger partial charge in [0.1, 0.15) is 0 Å². The maximum absolute atomic E-state index is 6.17. The lowest BCUT2D eigenvalue weighted by Gasteiger charge is -2.36. The lowest BCUT2D eigenvalue weighted by atomic mass is 9.97. The summed E-state index contributed by atoms with van der Waals surface area (Å²) in [6.45, 7) is 6.52. The van der Waals surface area contributed by atoms with Crippen molar-refractivity contribution in [1.29, 1.82) is 0 Å². The van der Waals surface area contributed by atoms with Crippen LogP contribution in [0.2, 0.25) is 5.02 Å². The monoisotopic (exact) mass is 281 g/mol. The summed E-state index contributed by atoms with van der Waals surface area (Å²) in [7, 11) is 0. The van der Waals surface area contributed by atoms with Crippen molar-refractivity contribution in [2.45, 2.75) is 32.2 Å². The molecular formula is C15H24ClN3. The van der Waals surface area contributed by atoms with E-state index in [1.54, 1.807) is 0 Å². The van der Waals surface area contributed by atoms with E-state index in [9.17, 15) is 0 Å². The predicted molar refractivity (Wildman–Crippen MR) is 82.6 cm³/mol. The van der Waals surface area contributed by atoms with Gasteiger partial charge in [-0.15, -0.1) is 0 Å². The second kappa shape index (κ2) is 7.13. The van der Waals surface area contributed by atoms with Crippen molar-refractivity contribution in [3.05, 3.63) is 28.8 Å². The first-order valence-electron chi connectivity index (χ1n) is 7.22. The molecule has 1 heterocycles. The van der Waals surface area contributed by atoms with Crippen LogP contribution in [0.25, 0.3) is 0 Å². The number of unbranched alkanes of at least 4 members (excludes halogenated alkanes) is 1. The molecule has 1 atom stereocenters. The largest absolute Gasteiger partial charge is 0.398 e. The van der Waals surface area contributed by atoms with Crippen molar-refractivity contribution in [2.75, 3.05) is 31.9 Å². The Balaban J connectivity index is 2.22. The second-order valence-electron chi connectivity index (χ2n) is 5.22. The van der Waals surface area contributed by atoms with E-state index in [1.807, 2.05) is 18.2 Å².